The van der Waals surface area contributed by atoms with Gasteiger partial charge in [0.15, 0.2) is 5.65 Å². The van der Waals surface area contributed by atoms with Crippen molar-refractivity contribution in [2.45, 2.75) is 38.6 Å². The third-order valence-corrected chi connectivity index (χ3v) is 7.86. The molecule has 0 radical (unpaired) electrons. The lowest BCUT2D eigenvalue weighted by molar-refractivity contribution is -0.136. The van der Waals surface area contributed by atoms with Gasteiger partial charge in [-0.15, -0.1) is 10.2 Å². The van der Waals surface area contributed by atoms with E-state index in [-0.39, 0.29) is 24.2 Å². The Labute approximate surface area is 215 Å². The minimum Gasteiger partial charge on any atom is -0.493 e. The van der Waals surface area contributed by atoms with Crippen LogP contribution in [0.5, 0.6) is 5.75 Å². The minimum atomic E-state index is -0.253. The van der Waals surface area contributed by atoms with Crippen molar-refractivity contribution in [3.05, 3.63) is 53.2 Å². The fraction of sp³-hybridized carbons (Fsp3) is 0.481. The second kappa shape index (κ2) is 10.1. The zero-order valence-corrected chi connectivity index (χ0v) is 21.1. The smallest absolute Gasteiger partial charge is 0.225 e. The predicted molar refractivity (Wildman–Crippen MR) is 138 cm³/mol. The molecule has 0 saturated carbocycles. The first-order chi connectivity index (χ1) is 18.1. The summed E-state index contributed by atoms with van der Waals surface area (Å²) in [6.45, 7) is 4.26. The van der Waals surface area contributed by atoms with Crippen molar-refractivity contribution in [3.8, 4) is 5.75 Å². The summed E-state index contributed by atoms with van der Waals surface area (Å²) in [5.74, 6) is 1.47. The summed E-state index contributed by atoms with van der Waals surface area (Å²) in [6, 6.07) is 3.14. The highest BCUT2D eigenvalue weighted by molar-refractivity contribution is 5.81. The van der Waals surface area contributed by atoms with Gasteiger partial charge in [-0.2, -0.15) is 0 Å². The molecule has 2 aromatic heterocycles. The van der Waals surface area contributed by atoms with Gasteiger partial charge >= 0.3 is 0 Å². The van der Waals surface area contributed by atoms with Crippen molar-refractivity contribution < 1.29 is 13.9 Å². The molecule has 3 aliphatic rings. The Hall–Kier alpha value is -3.53. The fourth-order valence-corrected chi connectivity index (χ4v) is 5.69. The maximum Gasteiger partial charge on any atom is 0.225 e. The fourth-order valence-electron chi connectivity index (χ4n) is 5.69. The van der Waals surface area contributed by atoms with Gasteiger partial charge in [-0.1, -0.05) is 6.08 Å². The first-order valence-electron chi connectivity index (χ1n) is 13.1. The van der Waals surface area contributed by atoms with E-state index in [0.29, 0.717) is 36.7 Å². The first-order valence-corrected chi connectivity index (χ1v) is 13.1. The normalized spacial score (nSPS) is 18.9. The van der Waals surface area contributed by atoms with Gasteiger partial charge in [0.25, 0.3) is 0 Å². The molecule has 0 atom stereocenters. The number of fused-ring (bicyclic) bond motifs is 2. The number of carbonyl (C=O) groups excluding carboxylic acids is 1. The van der Waals surface area contributed by atoms with Crippen LogP contribution in [0.3, 0.4) is 0 Å². The lowest BCUT2D eigenvalue weighted by Gasteiger charge is -2.32. The third kappa shape index (κ3) is 4.66. The molecule has 1 N–H and O–H groups in total. The standard InChI is InChI=1S/C27H32FN7O2/c1-33-11-6-19(7-12-33)26(36)34-10-2-3-18(8-13-34)21-15-29-27(35-17-31-32-25(21)35)30-16-22-20-9-14-37-24(20)5-4-23(22)28/h3-5,15,17,19H,2,6-14,16H2,1H3,(H,29,30). The van der Waals surface area contributed by atoms with Crippen LogP contribution in [0.4, 0.5) is 10.3 Å². The van der Waals surface area contributed by atoms with Crippen molar-refractivity contribution in [1.29, 1.82) is 0 Å². The number of nitrogens with zero attached hydrogens (tertiary/aromatic N) is 6. The Bertz CT molecular complexity index is 1350. The molecule has 37 heavy (non-hydrogen) atoms. The van der Waals surface area contributed by atoms with E-state index in [0.717, 1.165) is 67.8 Å². The highest BCUT2D eigenvalue weighted by Gasteiger charge is 2.28. The summed E-state index contributed by atoms with van der Waals surface area (Å²) < 4.78 is 22.0. The lowest BCUT2D eigenvalue weighted by Crippen LogP contribution is -2.42. The lowest BCUT2D eigenvalue weighted by atomic mass is 9.95. The molecule has 194 valence electrons. The van der Waals surface area contributed by atoms with Gasteiger partial charge < -0.3 is 19.9 Å². The number of carbonyl (C=O) groups is 1. The Morgan fingerprint density at radius 3 is 2.92 bits per heavy atom. The maximum absolute atomic E-state index is 14.6. The van der Waals surface area contributed by atoms with E-state index in [1.807, 2.05) is 11.1 Å². The van der Waals surface area contributed by atoms with Gasteiger partial charge in [0, 0.05) is 54.9 Å². The summed E-state index contributed by atoms with van der Waals surface area (Å²) >= 11 is 0. The molecule has 1 saturated heterocycles. The number of amides is 1. The van der Waals surface area contributed by atoms with Gasteiger partial charge in [0.1, 0.15) is 17.9 Å². The third-order valence-electron chi connectivity index (χ3n) is 7.86. The Kier molecular flexibility index (Phi) is 6.50. The van der Waals surface area contributed by atoms with Gasteiger partial charge in [-0.3, -0.25) is 9.20 Å². The van der Waals surface area contributed by atoms with Gasteiger partial charge in [0.05, 0.1) is 6.61 Å². The average molecular weight is 506 g/mol. The van der Waals surface area contributed by atoms with Gasteiger partial charge in [-0.25, -0.2) is 9.37 Å². The van der Waals surface area contributed by atoms with Crippen LogP contribution in [0.15, 0.2) is 30.7 Å². The number of benzene rings is 1. The molecular weight excluding hydrogens is 473 g/mol. The molecule has 10 heteroatoms. The summed E-state index contributed by atoms with van der Waals surface area (Å²) in [6.07, 6.45) is 9.75. The molecule has 0 unspecified atom stereocenters. The van der Waals surface area contributed by atoms with E-state index in [2.05, 4.69) is 38.5 Å². The van der Waals surface area contributed by atoms with Crippen molar-refractivity contribution in [3.63, 3.8) is 0 Å². The van der Waals surface area contributed by atoms with Crippen LogP contribution in [0, 0.1) is 11.7 Å². The molecule has 0 bridgehead atoms. The molecule has 3 aliphatic heterocycles. The summed E-state index contributed by atoms with van der Waals surface area (Å²) in [5.41, 5.74) is 4.24. The number of rotatable bonds is 5. The van der Waals surface area contributed by atoms with E-state index in [1.54, 1.807) is 16.8 Å². The number of hydrogen-bond acceptors (Lipinski definition) is 7. The van der Waals surface area contributed by atoms with Crippen LogP contribution in [0.1, 0.15) is 42.4 Å². The monoisotopic (exact) mass is 505 g/mol. The van der Waals surface area contributed by atoms with Crippen LogP contribution in [0.25, 0.3) is 11.2 Å². The van der Waals surface area contributed by atoms with Crippen LogP contribution in [0.2, 0.25) is 0 Å². The van der Waals surface area contributed by atoms with E-state index < -0.39 is 0 Å². The van der Waals surface area contributed by atoms with E-state index in [4.69, 9.17) is 4.74 Å². The van der Waals surface area contributed by atoms with Crippen molar-refractivity contribution in [1.82, 2.24) is 29.4 Å². The molecular formula is C27H32FN7O2. The number of anilines is 1. The van der Waals surface area contributed by atoms with Crippen LogP contribution < -0.4 is 10.1 Å². The number of nitrogens with one attached hydrogen (secondary N) is 1. The zero-order valence-electron chi connectivity index (χ0n) is 21.1. The van der Waals surface area contributed by atoms with Crippen LogP contribution in [-0.2, 0) is 17.8 Å². The van der Waals surface area contributed by atoms with Crippen molar-refractivity contribution in [2.24, 2.45) is 5.92 Å². The minimum absolute atomic E-state index is 0.134. The van der Waals surface area contributed by atoms with Crippen LogP contribution in [-0.4, -0.2) is 75.1 Å². The number of ether oxygens (including phenoxy) is 1. The van der Waals surface area contributed by atoms with E-state index in [9.17, 15) is 9.18 Å². The molecule has 1 amide bonds. The molecule has 0 aliphatic carbocycles. The van der Waals surface area contributed by atoms with E-state index >= 15 is 0 Å². The number of piperidine rings is 1. The molecule has 0 spiro atoms. The topological polar surface area (TPSA) is 87.9 Å². The quantitative estimate of drug-likeness (QED) is 0.570. The SMILES string of the molecule is CN1CCC(C(=O)N2CCC=C(c3cnc(NCc4c(F)ccc5c4CCO5)n4cnnc34)CC2)CC1. The predicted octanol–water partition coefficient (Wildman–Crippen LogP) is 3.16. The molecule has 9 nitrogen and oxygen atoms in total. The van der Waals surface area contributed by atoms with Crippen LogP contribution >= 0.6 is 0 Å². The number of halogens is 1. The second-order valence-corrected chi connectivity index (χ2v) is 10.1. The summed E-state index contributed by atoms with van der Waals surface area (Å²) in [5, 5.41) is 11.8. The molecule has 1 aromatic carbocycles. The molecule has 5 heterocycles. The second-order valence-electron chi connectivity index (χ2n) is 10.1. The Balaban J connectivity index is 1.17. The van der Waals surface area contributed by atoms with Gasteiger partial charge in [-0.05, 0) is 63.5 Å². The average Bonchev–Trinajstić information content (AvgIpc) is 3.53. The van der Waals surface area contributed by atoms with Gasteiger partial charge in [0.2, 0.25) is 11.9 Å². The number of hydrogen-bond donors (Lipinski definition) is 1. The maximum atomic E-state index is 14.6. The molecule has 3 aromatic rings. The summed E-state index contributed by atoms with van der Waals surface area (Å²) in [4.78, 5) is 22.1. The number of likely N-dealkylation sites (tertiary alicyclic amines) is 1. The number of aromatic nitrogens is 4. The molecule has 6 rings (SSSR count). The Morgan fingerprint density at radius 1 is 1.19 bits per heavy atom. The van der Waals surface area contributed by atoms with Crippen molar-refractivity contribution >= 4 is 23.1 Å². The first kappa shape index (κ1) is 23.8. The summed E-state index contributed by atoms with van der Waals surface area (Å²) in [7, 11) is 2.11. The highest BCUT2D eigenvalue weighted by atomic mass is 19.1. The zero-order chi connectivity index (χ0) is 25.4. The Morgan fingerprint density at radius 2 is 2.05 bits per heavy atom. The largest absolute Gasteiger partial charge is 0.493 e. The van der Waals surface area contributed by atoms with E-state index in [1.165, 1.54) is 6.07 Å². The van der Waals surface area contributed by atoms with Crippen molar-refractivity contribution in [2.75, 3.05) is 45.2 Å². The highest BCUT2D eigenvalue weighted by Crippen LogP contribution is 2.31. The molecule has 1 fully saturated rings.